The largest absolute Gasteiger partial charge is 0.384 e. The Morgan fingerprint density at radius 1 is 1.36 bits per heavy atom. The maximum Gasteiger partial charge on any atom is 0.225 e. The number of aromatic amines is 1. The Morgan fingerprint density at radius 2 is 2.09 bits per heavy atom. The van der Waals surface area contributed by atoms with E-state index in [0.29, 0.717) is 18.1 Å². The molecule has 1 aliphatic heterocycles. The molecule has 114 valence electrons. The van der Waals surface area contributed by atoms with Gasteiger partial charge < -0.3 is 10.0 Å². The second-order valence-corrected chi connectivity index (χ2v) is 7.28. The van der Waals surface area contributed by atoms with Gasteiger partial charge in [0.25, 0.3) is 0 Å². The minimum Gasteiger partial charge on any atom is -0.384 e. The van der Waals surface area contributed by atoms with Crippen LogP contribution < -0.4 is 0 Å². The van der Waals surface area contributed by atoms with Crippen molar-refractivity contribution >= 4 is 28.4 Å². The van der Waals surface area contributed by atoms with Gasteiger partial charge in [-0.1, -0.05) is 11.6 Å². The molecule has 2 aliphatic carbocycles. The van der Waals surface area contributed by atoms with Gasteiger partial charge in [0.2, 0.25) is 5.91 Å². The maximum absolute atomic E-state index is 12.2. The van der Waals surface area contributed by atoms with Crippen molar-refractivity contribution in [3.05, 3.63) is 28.9 Å². The number of carbonyl (C=O) groups excluding carboxylic acids is 1. The van der Waals surface area contributed by atoms with E-state index in [4.69, 9.17) is 11.6 Å². The van der Waals surface area contributed by atoms with E-state index >= 15 is 0 Å². The van der Waals surface area contributed by atoms with Gasteiger partial charge in [-0.05, 0) is 30.5 Å². The molecule has 0 spiro atoms. The molecule has 2 saturated carbocycles. The van der Waals surface area contributed by atoms with Crippen LogP contribution in [0.15, 0.2) is 18.3 Å². The van der Waals surface area contributed by atoms with Crippen LogP contribution in [0.2, 0.25) is 5.02 Å². The number of aliphatic hydroxyl groups is 1. The summed E-state index contributed by atoms with van der Waals surface area (Å²) in [7, 11) is 0. The van der Waals surface area contributed by atoms with E-state index in [2.05, 4.69) is 10.2 Å². The average molecular weight is 318 g/mol. The summed E-state index contributed by atoms with van der Waals surface area (Å²) in [5, 5.41) is 19.6. The summed E-state index contributed by atoms with van der Waals surface area (Å²) in [4.78, 5) is 14.1. The number of likely N-dealkylation sites (tertiary alicyclic amines) is 1. The smallest absolute Gasteiger partial charge is 0.225 e. The van der Waals surface area contributed by atoms with Gasteiger partial charge in [-0.25, -0.2) is 0 Å². The van der Waals surface area contributed by atoms with Gasteiger partial charge >= 0.3 is 0 Å². The van der Waals surface area contributed by atoms with Gasteiger partial charge in [0.1, 0.15) is 5.60 Å². The van der Waals surface area contributed by atoms with E-state index < -0.39 is 5.60 Å². The van der Waals surface area contributed by atoms with Crippen LogP contribution in [0.3, 0.4) is 0 Å². The first-order valence-electron chi connectivity index (χ1n) is 7.73. The molecule has 3 aliphatic rings. The van der Waals surface area contributed by atoms with Crippen molar-refractivity contribution in [2.24, 2.45) is 17.8 Å². The summed E-state index contributed by atoms with van der Waals surface area (Å²) in [5.41, 5.74) is 0.817. The average Bonchev–Trinajstić information content (AvgIpc) is 3.28. The minimum absolute atomic E-state index is 0.117. The van der Waals surface area contributed by atoms with Crippen molar-refractivity contribution in [2.75, 3.05) is 13.1 Å². The van der Waals surface area contributed by atoms with Gasteiger partial charge in [0, 0.05) is 41.3 Å². The lowest BCUT2D eigenvalue weighted by molar-refractivity contribution is -0.132. The number of piperidine rings is 1. The normalized spacial score (nSPS) is 33.3. The molecule has 6 heteroatoms. The SMILES string of the molecule is O=C(C1CC1)N1CC2C(C1)C2(O)c1cc(Cl)cc2[nH]ncc12. The Hall–Kier alpha value is -1.59. The first kappa shape index (κ1) is 12.9. The number of hydrogen-bond donors (Lipinski definition) is 2. The van der Waals surface area contributed by atoms with Crippen LogP contribution >= 0.6 is 11.6 Å². The van der Waals surface area contributed by atoms with Crippen LogP contribution in [0.25, 0.3) is 10.9 Å². The van der Waals surface area contributed by atoms with E-state index in [9.17, 15) is 9.90 Å². The Bertz CT molecular complexity index is 786. The Kier molecular flexibility index (Phi) is 2.36. The molecule has 1 amide bonds. The summed E-state index contributed by atoms with van der Waals surface area (Å²) in [5.74, 6) is 0.755. The lowest BCUT2D eigenvalue weighted by atomic mass is 9.99. The second kappa shape index (κ2) is 4.03. The standard InChI is InChI=1S/C16H16ClN3O2/c17-9-3-11(10-5-18-19-14(10)4-9)16(22)12-6-20(7-13(12)16)15(21)8-1-2-8/h3-5,8,12-13,22H,1-2,6-7H2,(H,18,19). The van der Waals surface area contributed by atoms with Crippen LogP contribution in [0, 0.1) is 17.8 Å². The molecule has 1 saturated heterocycles. The molecule has 2 aromatic rings. The third kappa shape index (κ3) is 1.58. The van der Waals surface area contributed by atoms with Crippen molar-refractivity contribution in [3.63, 3.8) is 0 Å². The molecule has 0 bridgehead atoms. The van der Waals surface area contributed by atoms with Gasteiger partial charge in [-0.3, -0.25) is 9.89 Å². The zero-order valence-electron chi connectivity index (χ0n) is 11.9. The zero-order chi connectivity index (χ0) is 15.1. The van der Waals surface area contributed by atoms with Gasteiger partial charge in [-0.15, -0.1) is 0 Å². The molecule has 5 nitrogen and oxygen atoms in total. The van der Waals surface area contributed by atoms with Crippen molar-refractivity contribution in [1.82, 2.24) is 15.1 Å². The predicted octanol–water partition coefficient (Wildman–Crippen LogP) is 1.90. The fourth-order valence-electron chi connectivity index (χ4n) is 4.12. The number of H-pyrrole nitrogens is 1. The highest BCUT2D eigenvalue weighted by molar-refractivity contribution is 6.31. The van der Waals surface area contributed by atoms with Crippen LogP contribution in [0.5, 0.6) is 0 Å². The molecule has 2 unspecified atom stereocenters. The quantitative estimate of drug-likeness (QED) is 0.889. The Morgan fingerprint density at radius 3 is 2.77 bits per heavy atom. The number of hydrogen-bond acceptors (Lipinski definition) is 3. The fourth-order valence-corrected chi connectivity index (χ4v) is 4.34. The fraction of sp³-hybridized carbons (Fsp3) is 0.500. The maximum atomic E-state index is 12.2. The Balaban J connectivity index is 1.47. The van der Waals surface area contributed by atoms with E-state index in [0.717, 1.165) is 29.3 Å². The van der Waals surface area contributed by atoms with Crippen LogP contribution in [-0.4, -0.2) is 39.2 Å². The van der Waals surface area contributed by atoms with E-state index in [1.165, 1.54) is 0 Å². The minimum atomic E-state index is -0.868. The number of carbonyl (C=O) groups is 1. The number of nitrogens with zero attached hydrogens (tertiary/aromatic N) is 2. The highest BCUT2D eigenvalue weighted by Crippen LogP contribution is 2.63. The van der Waals surface area contributed by atoms with Crippen molar-refractivity contribution in [2.45, 2.75) is 18.4 Å². The van der Waals surface area contributed by atoms with E-state index in [-0.39, 0.29) is 23.7 Å². The molecule has 2 N–H and O–H groups in total. The van der Waals surface area contributed by atoms with Crippen molar-refractivity contribution in [1.29, 1.82) is 0 Å². The molecular weight excluding hydrogens is 302 g/mol. The molecule has 0 radical (unpaired) electrons. The summed E-state index contributed by atoms with van der Waals surface area (Å²) in [6.07, 6.45) is 3.79. The van der Waals surface area contributed by atoms with Crippen LogP contribution in [0.1, 0.15) is 18.4 Å². The first-order chi connectivity index (χ1) is 10.6. The van der Waals surface area contributed by atoms with E-state index in [1.54, 1.807) is 6.20 Å². The molecule has 22 heavy (non-hydrogen) atoms. The highest BCUT2D eigenvalue weighted by Gasteiger charge is 2.69. The van der Waals surface area contributed by atoms with Crippen molar-refractivity contribution < 1.29 is 9.90 Å². The third-order valence-corrected chi connectivity index (χ3v) is 5.75. The van der Waals surface area contributed by atoms with Crippen LogP contribution in [-0.2, 0) is 10.4 Å². The zero-order valence-corrected chi connectivity index (χ0v) is 12.7. The molecule has 2 heterocycles. The number of benzene rings is 1. The first-order valence-corrected chi connectivity index (χ1v) is 8.11. The molecule has 2 atom stereocenters. The third-order valence-electron chi connectivity index (χ3n) is 5.53. The number of amides is 1. The summed E-state index contributed by atoms with van der Waals surface area (Å²) >= 11 is 6.18. The second-order valence-electron chi connectivity index (χ2n) is 6.84. The number of nitrogens with one attached hydrogen (secondary N) is 1. The molecular formula is C16H16ClN3O2. The number of rotatable bonds is 2. The Labute approximate surface area is 132 Å². The number of halogens is 1. The lowest BCUT2D eigenvalue weighted by Gasteiger charge is -2.24. The molecule has 5 rings (SSSR count). The highest BCUT2D eigenvalue weighted by atomic mass is 35.5. The topological polar surface area (TPSA) is 69.2 Å². The lowest BCUT2D eigenvalue weighted by Crippen LogP contribution is -2.36. The molecule has 1 aromatic carbocycles. The van der Waals surface area contributed by atoms with Gasteiger partial charge in [0.15, 0.2) is 0 Å². The monoisotopic (exact) mass is 317 g/mol. The number of fused-ring (bicyclic) bond motifs is 2. The van der Waals surface area contributed by atoms with E-state index in [1.807, 2.05) is 17.0 Å². The molecule has 3 fully saturated rings. The van der Waals surface area contributed by atoms with Gasteiger partial charge in [0.05, 0.1) is 11.7 Å². The molecule has 1 aromatic heterocycles. The summed E-state index contributed by atoms with van der Waals surface area (Å²) in [6.45, 7) is 1.31. The predicted molar refractivity (Wildman–Crippen MR) is 81.3 cm³/mol. The number of aromatic nitrogens is 2. The summed E-state index contributed by atoms with van der Waals surface area (Å²) in [6, 6.07) is 3.66. The van der Waals surface area contributed by atoms with Crippen molar-refractivity contribution in [3.8, 4) is 0 Å². The van der Waals surface area contributed by atoms with Gasteiger partial charge in [-0.2, -0.15) is 5.10 Å². The van der Waals surface area contributed by atoms with Crippen LogP contribution in [0.4, 0.5) is 0 Å². The summed E-state index contributed by atoms with van der Waals surface area (Å²) < 4.78 is 0.